The van der Waals surface area contributed by atoms with Gasteiger partial charge < -0.3 is 14.8 Å². The van der Waals surface area contributed by atoms with Gasteiger partial charge in [0.15, 0.2) is 5.58 Å². The molecular formula is C25H32N2O3S. The number of para-hydroxylation sites is 1. The van der Waals surface area contributed by atoms with Crippen LogP contribution in [-0.4, -0.2) is 21.8 Å². The largest absolute Gasteiger partial charge is 0.508 e. The average Bonchev–Trinajstić information content (AvgIpc) is 3.12. The van der Waals surface area contributed by atoms with Crippen LogP contribution in [0.15, 0.2) is 46.0 Å². The van der Waals surface area contributed by atoms with Gasteiger partial charge in [0.2, 0.25) is 5.91 Å². The lowest BCUT2D eigenvalue weighted by Crippen LogP contribution is -2.15. The zero-order valence-corrected chi connectivity index (χ0v) is 19.6. The lowest BCUT2D eigenvalue weighted by Gasteiger charge is -2.20. The number of nitrogens with one attached hydrogen (secondary N) is 1. The summed E-state index contributed by atoms with van der Waals surface area (Å²) in [6.45, 7) is 8.64. The highest BCUT2D eigenvalue weighted by atomic mass is 32.2. The first-order valence-corrected chi connectivity index (χ1v) is 12.0. The Bertz CT molecular complexity index is 1000. The molecule has 5 nitrogen and oxygen atoms in total. The number of aromatic nitrogens is 1. The summed E-state index contributed by atoms with van der Waals surface area (Å²) in [5.74, 6) is 1.88. The van der Waals surface area contributed by atoms with Crippen LogP contribution in [0.1, 0.15) is 76.3 Å². The van der Waals surface area contributed by atoms with Gasteiger partial charge in [0.25, 0.3) is 5.22 Å². The molecule has 0 spiro atoms. The molecule has 31 heavy (non-hydrogen) atoms. The van der Waals surface area contributed by atoms with E-state index >= 15 is 0 Å². The van der Waals surface area contributed by atoms with Crippen LogP contribution in [0.5, 0.6) is 5.75 Å². The summed E-state index contributed by atoms with van der Waals surface area (Å²) < 4.78 is 5.67. The lowest BCUT2D eigenvalue weighted by atomic mass is 9.92. The predicted molar refractivity (Wildman–Crippen MR) is 128 cm³/mol. The number of hydrogen-bond donors (Lipinski definition) is 2. The van der Waals surface area contributed by atoms with Gasteiger partial charge in [-0.3, -0.25) is 4.79 Å². The summed E-state index contributed by atoms with van der Waals surface area (Å²) in [6, 6.07) is 11.2. The second kappa shape index (κ2) is 10.7. The van der Waals surface area contributed by atoms with Crippen molar-refractivity contribution in [3.8, 4) is 5.75 Å². The number of fused-ring (bicyclic) bond motifs is 1. The molecule has 166 valence electrons. The van der Waals surface area contributed by atoms with Crippen molar-refractivity contribution >= 4 is 34.5 Å². The number of phenols is 1. The zero-order valence-electron chi connectivity index (χ0n) is 18.8. The number of carbonyl (C=O) groups excluding carboxylic acids is 1. The van der Waals surface area contributed by atoms with Gasteiger partial charge in [-0.2, -0.15) is 0 Å². The molecule has 6 heteroatoms. The Labute approximate surface area is 188 Å². The number of benzene rings is 2. The first-order chi connectivity index (χ1) is 14.8. The molecule has 0 saturated carbocycles. The van der Waals surface area contributed by atoms with E-state index in [1.165, 1.54) is 11.1 Å². The number of oxazole rings is 1. The summed E-state index contributed by atoms with van der Waals surface area (Å²) in [4.78, 5) is 17.0. The third-order valence-electron chi connectivity index (χ3n) is 5.26. The number of phenolic OH excluding ortho intramolecular Hbond substituents is 1. The maximum absolute atomic E-state index is 12.6. The van der Waals surface area contributed by atoms with E-state index in [1.54, 1.807) is 30.0 Å². The van der Waals surface area contributed by atoms with Crippen LogP contribution in [0.2, 0.25) is 0 Å². The number of carbonyl (C=O) groups is 1. The zero-order chi connectivity index (χ0) is 22.4. The standard InChI is InChI=1S/C25H32N2O3S/c1-16(2)19-9-8-10-20(17(3)4)24(19)27-23(29)11-6-5-7-14-31-25-26-21-15-18(28)12-13-22(21)30-25/h8-10,12-13,15-17,28H,5-7,11,14H2,1-4H3,(H,27,29). The van der Waals surface area contributed by atoms with Gasteiger partial charge >= 0.3 is 0 Å². The highest BCUT2D eigenvalue weighted by Crippen LogP contribution is 2.32. The molecule has 1 heterocycles. The van der Waals surface area contributed by atoms with Crippen molar-refractivity contribution < 1.29 is 14.3 Å². The molecule has 0 bridgehead atoms. The number of hydrogen-bond acceptors (Lipinski definition) is 5. The maximum atomic E-state index is 12.6. The van der Waals surface area contributed by atoms with Crippen molar-refractivity contribution in [3.63, 3.8) is 0 Å². The number of amides is 1. The Kier molecular flexibility index (Phi) is 8.02. The summed E-state index contributed by atoms with van der Waals surface area (Å²) >= 11 is 1.56. The van der Waals surface area contributed by atoms with Crippen LogP contribution in [0.3, 0.4) is 0 Å². The van der Waals surface area contributed by atoms with Gasteiger partial charge in [-0.1, -0.05) is 64.1 Å². The van der Waals surface area contributed by atoms with Gasteiger partial charge in [-0.25, -0.2) is 4.98 Å². The molecule has 2 aromatic carbocycles. The summed E-state index contributed by atoms with van der Waals surface area (Å²) in [5.41, 5.74) is 4.74. The van der Waals surface area contributed by atoms with Crippen LogP contribution >= 0.6 is 11.8 Å². The van der Waals surface area contributed by atoms with Gasteiger partial charge in [0, 0.05) is 23.9 Å². The minimum absolute atomic E-state index is 0.0846. The van der Waals surface area contributed by atoms with Gasteiger partial charge in [-0.15, -0.1) is 0 Å². The molecule has 0 radical (unpaired) electrons. The Morgan fingerprint density at radius 3 is 2.45 bits per heavy atom. The maximum Gasteiger partial charge on any atom is 0.256 e. The Morgan fingerprint density at radius 2 is 1.77 bits per heavy atom. The SMILES string of the molecule is CC(C)c1cccc(C(C)C)c1NC(=O)CCCCCSc1nc2cc(O)ccc2o1. The van der Waals surface area contributed by atoms with Crippen molar-refractivity contribution in [2.45, 2.75) is 70.4 Å². The van der Waals surface area contributed by atoms with Crippen LogP contribution in [-0.2, 0) is 4.79 Å². The van der Waals surface area contributed by atoms with E-state index in [-0.39, 0.29) is 11.7 Å². The highest BCUT2D eigenvalue weighted by molar-refractivity contribution is 7.99. The Morgan fingerprint density at radius 1 is 1.06 bits per heavy atom. The summed E-state index contributed by atoms with van der Waals surface area (Å²) in [5, 5.41) is 13.3. The number of anilines is 1. The topological polar surface area (TPSA) is 75.4 Å². The van der Waals surface area contributed by atoms with Crippen LogP contribution in [0.25, 0.3) is 11.1 Å². The van der Waals surface area contributed by atoms with E-state index in [0.717, 1.165) is 30.7 Å². The Balaban J connectivity index is 1.43. The number of aromatic hydroxyl groups is 1. The number of thioether (sulfide) groups is 1. The van der Waals surface area contributed by atoms with Crippen molar-refractivity contribution in [1.29, 1.82) is 0 Å². The normalized spacial score (nSPS) is 11.5. The average molecular weight is 441 g/mol. The van der Waals surface area contributed by atoms with E-state index in [1.807, 2.05) is 0 Å². The number of rotatable bonds is 10. The van der Waals surface area contributed by atoms with Gasteiger partial charge in [0.1, 0.15) is 11.3 Å². The number of unbranched alkanes of at least 4 members (excludes halogenated alkanes) is 2. The fourth-order valence-electron chi connectivity index (χ4n) is 3.58. The number of nitrogens with zero attached hydrogens (tertiary/aromatic N) is 1. The second-order valence-electron chi connectivity index (χ2n) is 8.46. The molecule has 2 N–H and O–H groups in total. The molecule has 0 aliphatic heterocycles. The molecule has 3 rings (SSSR count). The van der Waals surface area contributed by atoms with Crippen molar-refractivity contribution in [1.82, 2.24) is 4.98 Å². The smallest absolute Gasteiger partial charge is 0.256 e. The first kappa shape index (κ1) is 23.2. The Hall–Kier alpha value is -2.47. The van der Waals surface area contributed by atoms with E-state index in [4.69, 9.17) is 4.42 Å². The highest BCUT2D eigenvalue weighted by Gasteiger charge is 2.15. The molecule has 0 aliphatic carbocycles. The monoisotopic (exact) mass is 440 g/mol. The molecule has 0 atom stereocenters. The molecule has 0 aliphatic rings. The molecule has 0 unspecified atom stereocenters. The summed E-state index contributed by atoms with van der Waals surface area (Å²) in [6.07, 6.45) is 3.34. The molecule has 1 aromatic heterocycles. The molecular weight excluding hydrogens is 408 g/mol. The summed E-state index contributed by atoms with van der Waals surface area (Å²) in [7, 11) is 0. The third-order valence-corrected chi connectivity index (χ3v) is 6.18. The predicted octanol–water partition coefficient (Wildman–Crippen LogP) is 7.07. The minimum atomic E-state index is 0.0846. The quantitative estimate of drug-likeness (QED) is 0.260. The molecule has 0 saturated heterocycles. The fourth-order valence-corrected chi connectivity index (χ4v) is 4.41. The molecule has 3 aromatic rings. The van der Waals surface area contributed by atoms with Crippen LogP contribution < -0.4 is 5.32 Å². The van der Waals surface area contributed by atoms with Crippen molar-refractivity contribution in [2.75, 3.05) is 11.1 Å². The third kappa shape index (κ3) is 6.26. The fraction of sp³-hybridized carbons (Fsp3) is 0.440. The minimum Gasteiger partial charge on any atom is -0.508 e. The molecule has 1 amide bonds. The van der Waals surface area contributed by atoms with Crippen LogP contribution in [0.4, 0.5) is 5.69 Å². The van der Waals surface area contributed by atoms with Gasteiger partial charge in [0.05, 0.1) is 0 Å². The molecule has 0 fully saturated rings. The van der Waals surface area contributed by atoms with E-state index in [0.29, 0.717) is 34.6 Å². The van der Waals surface area contributed by atoms with Crippen molar-refractivity contribution in [2.24, 2.45) is 0 Å². The van der Waals surface area contributed by atoms with E-state index in [9.17, 15) is 9.90 Å². The van der Waals surface area contributed by atoms with E-state index in [2.05, 4.69) is 56.2 Å². The van der Waals surface area contributed by atoms with Crippen LogP contribution in [0, 0.1) is 0 Å². The van der Waals surface area contributed by atoms with E-state index < -0.39 is 0 Å². The first-order valence-electron chi connectivity index (χ1n) is 11.0. The van der Waals surface area contributed by atoms with Crippen molar-refractivity contribution in [3.05, 3.63) is 47.5 Å². The lowest BCUT2D eigenvalue weighted by molar-refractivity contribution is -0.116. The second-order valence-corrected chi connectivity index (χ2v) is 9.51. The van der Waals surface area contributed by atoms with Gasteiger partial charge in [-0.05, 0) is 47.9 Å².